The van der Waals surface area contributed by atoms with Crippen molar-refractivity contribution in [1.82, 2.24) is 25.0 Å². The molecule has 2 aliphatic rings. The zero-order valence-electron chi connectivity index (χ0n) is 16.0. The molecule has 3 heterocycles. The third-order valence-corrected chi connectivity index (χ3v) is 5.59. The lowest BCUT2D eigenvalue weighted by Gasteiger charge is -2.33. The van der Waals surface area contributed by atoms with Crippen molar-refractivity contribution in [3.05, 3.63) is 52.2 Å². The summed E-state index contributed by atoms with van der Waals surface area (Å²) in [5.41, 5.74) is 0.889. The van der Waals surface area contributed by atoms with E-state index in [0.29, 0.717) is 32.7 Å². The summed E-state index contributed by atoms with van der Waals surface area (Å²) in [4.78, 5) is 26.7. The molecule has 2 N–H and O–H groups in total. The van der Waals surface area contributed by atoms with Crippen LogP contribution >= 0.6 is 0 Å². The first-order chi connectivity index (χ1) is 13.7. The molecule has 2 aromatic rings. The minimum atomic E-state index is -0.181. The zero-order valence-corrected chi connectivity index (χ0v) is 16.0. The number of H-pyrrole nitrogens is 1. The predicted molar refractivity (Wildman–Crippen MR) is 104 cm³/mol. The number of nitrogens with zero attached hydrogens (tertiary/aromatic N) is 3. The summed E-state index contributed by atoms with van der Waals surface area (Å²) < 4.78 is 7.36. The average molecular weight is 385 g/mol. The van der Waals surface area contributed by atoms with E-state index in [0.717, 1.165) is 37.3 Å². The van der Waals surface area contributed by atoms with Crippen molar-refractivity contribution in [3.63, 3.8) is 0 Å². The lowest BCUT2D eigenvalue weighted by molar-refractivity contribution is -0.135. The number of aromatic nitrogens is 3. The largest absolute Gasteiger partial charge is 0.375 e. The molecule has 150 valence electrons. The van der Waals surface area contributed by atoms with Gasteiger partial charge in [0, 0.05) is 32.1 Å². The summed E-state index contributed by atoms with van der Waals surface area (Å²) in [5, 5.41) is 10.1. The fourth-order valence-electron chi connectivity index (χ4n) is 4.02. The smallest absolute Gasteiger partial charge is 0.343 e. The molecule has 1 amide bonds. The third kappa shape index (κ3) is 4.34. The Morgan fingerprint density at radius 1 is 1.21 bits per heavy atom. The maximum atomic E-state index is 12.6. The number of likely N-dealkylation sites (tertiary alicyclic amines) is 1. The van der Waals surface area contributed by atoms with E-state index in [9.17, 15) is 9.59 Å². The standard InChI is InChI=1S/C20H27N5O3/c26-18(12-17-13-21-8-11-28-17)24-9-6-16(7-10-24)19-22-23-20(27)25(19)14-15-4-2-1-3-5-15/h1-5,16-17,21H,6-14H2,(H,23,27)/t17-/m0/s1. The van der Waals surface area contributed by atoms with Gasteiger partial charge in [-0.25, -0.2) is 9.89 Å². The second-order valence-corrected chi connectivity index (χ2v) is 7.51. The Kier molecular flexibility index (Phi) is 5.87. The third-order valence-electron chi connectivity index (χ3n) is 5.59. The number of carbonyl (C=O) groups is 1. The summed E-state index contributed by atoms with van der Waals surface area (Å²) in [5.74, 6) is 1.12. The number of hydrogen-bond donors (Lipinski definition) is 2. The molecular formula is C20H27N5O3. The van der Waals surface area contributed by atoms with Gasteiger partial charge in [0.05, 0.1) is 25.7 Å². The molecular weight excluding hydrogens is 358 g/mol. The topological polar surface area (TPSA) is 92.2 Å². The molecule has 2 saturated heterocycles. The Labute approximate surface area is 163 Å². The van der Waals surface area contributed by atoms with Gasteiger partial charge in [-0.3, -0.25) is 9.36 Å². The van der Waals surface area contributed by atoms with Crippen LogP contribution in [0.3, 0.4) is 0 Å². The summed E-state index contributed by atoms with van der Waals surface area (Å²) >= 11 is 0. The average Bonchev–Trinajstić information content (AvgIpc) is 3.10. The molecule has 0 aliphatic carbocycles. The highest BCUT2D eigenvalue weighted by molar-refractivity contribution is 5.76. The van der Waals surface area contributed by atoms with E-state index in [-0.39, 0.29) is 23.6 Å². The van der Waals surface area contributed by atoms with Gasteiger partial charge in [0.1, 0.15) is 5.82 Å². The Morgan fingerprint density at radius 2 is 2.00 bits per heavy atom. The molecule has 4 rings (SSSR count). The van der Waals surface area contributed by atoms with Gasteiger partial charge in [0.15, 0.2) is 0 Å². The molecule has 0 unspecified atom stereocenters. The first-order valence-electron chi connectivity index (χ1n) is 10.00. The Hall–Kier alpha value is -2.45. The SMILES string of the molecule is O=C(C[C@H]1CNCCO1)N1CCC(c2n[nH]c(=O)n2Cc2ccccc2)CC1. The maximum Gasteiger partial charge on any atom is 0.343 e. The van der Waals surface area contributed by atoms with Crippen LogP contribution in [0.25, 0.3) is 0 Å². The number of nitrogens with one attached hydrogen (secondary N) is 2. The highest BCUT2D eigenvalue weighted by atomic mass is 16.5. The number of hydrogen-bond acceptors (Lipinski definition) is 5. The molecule has 0 bridgehead atoms. The number of morpholine rings is 1. The first kappa shape index (κ1) is 18.9. The van der Waals surface area contributed by atoms with Gasteiger partial charge in [0.25, 0.3) is 0 Å². The molecule has 0 radical (unpaired) electrons. The number of aromatic amines is 1. The predicted octanol–water partition coefficient (Wildman–Crippen LogP) is 0.704. The molecule has 1 atom stereocenters. The van der Waals surface area contributed by atoms with Gasteiger partial charge in [-0.05, 0) is 18.4 Å². The Bertz CT molecular complexity index is 833. The quantitative estimate of drug-likeness (QED) is 0.791. The first-order valence-corrected chi connectivity index (χ1v) is 10.00. The summed E-state index contributed by atoms with van der Waals surface area (Å²) in [6.45, 7) is 4.15. The number of piperidine rings is 1. The number of rotatable bonds is 5. The Balaban J connectivity index is 1.36. The van der Waals surface area contributed by atoms with Crippen LogP contribution in [0.4, 0.5) is 0 Å². The molecule has 28 heavy (non-hydrogen) atoms. The van der Waals surface area contributed by atoms with E-state index in [1.54, 1.807) is 4.57 Å². The van der Waals surface area contributed by atoms with Gasteiger partial charge in [-0.1, -0.05) is 30.3 Å². The lowest BCUT2D eigenvalue weighted by atomic mass is 9.95. The van der Waals surface area contributed by atoms with Gasteiger partial charge < -0.3 is 15.0 Å². The number of benzene rings is 1. The van der Waals surface area contributed by atoms with Crippen LogP contribution in [0.5, 0.6) is 0 Å². The normalized spacial score (nSPS) is 21.0. The van der Waals surface area contributed by atoms with Crippen LogP contribution in [0.1, 0.15) is 36.6 Å². The molecule has 8 heteroatoms. The van der Waals surface area contributed by atoms with Crippen LogP contribution in [0.2, 0.25) is 0 Å². The van der Waals surface area contributed by atoms with Crippen LogP contribution in [-0.4, -0.2) is 64.5 Å². The van der Waals surface area contributed by atoms with Crippen molar-refractivity contribution in [2.75, 3.05) is 32.8 Å². The van der Waals surface area contributed by atoms with Gasteiger partial charge in [0.2, 0.25) is 5.91 Å². The number of carbonyl (C=O) groups excluding carboxylic acids is 1. The molecule has 1 aromatic carbocycles. The van der Waals surface area contributed by atoms with Crippen molar-refractivity contribution in [3.8, 4) is 0 Å². The molecule has 2 fully saturated rings. The van der Waals surface area contributed by atoms with Gasteiger partial charge in [-0.15, -0.1) is 0 Å². The highest BCUT2D eigenvalue weighted by Gasteiger charge is 2.29. The molecule has 0 spiro atoms. The molecule has 0 saturated carbocycles. The summed E-state index contributed by atoms with van der Waals surface area (Å²) in [6.07, 6.45) is 2.03. The van der Waals surface area contributed by atoms with E-state index < -0.39 is 0 Å². The minimum absolute atomic E-state index is 0.0265. The second-order valence-electron chi connectivity index (χ2n) is 7.51. The van der Waals surface area contributed by atoms with Gasteiger partial charge >= 0.3 is 5.69 Å². The van der Waals surface area contributed by atoms with Crippen LogP contribution < -0.4 is 11.0 Å². The molecule has 2 aliphatic heterocycles. The molecule has 8 nitrogen and oxygen atoms in total. The Morgan fingerprint density at radius 3 is 2.71 bits per heavy atom. The van der Waals surface area contributed by atoms with Crippen molar-refractivity contribution in [2.24, 2.45) is 0 Å². The summed E-state index contributed by atoms with van der Waals surface area (Å²) in [7, 11) is 0. The van der Waals surface area contributed by atoms with E-state index in [1.165, 1.54) is 0 Å². The monoisotopic (exact) mass is 385 g/mol. The van der Waals surface area contributed by atoms with Crippen molar-refractivity contribution >= 4 is 5.91 Å². The lowest BCUT2D eigenvalue weighted by Crippen LogP contribution is -2.44. The van der Waals surface area contributed by atoms with E-state index >= 15 is 0 Å². The van der Waals surface area contributed by atoms with E-state index in [1.807, 2.05) is 35.2 Å². The van der Waals surface area contributed by atoms with Gasteiger partial charge in [-0.2, -0.15) is 5.10 Å². The second kappa shape index (κ2) is 8.70. The number of amides is 1. The fourth-order valence-corrected chi connectivity index (χ4v) is 4.02. The van der Waals surface area contributed by atoms with Crippen LogP contribution in [0.15, 0.2) is 35.1 Å². The van der Waals surface area contributed by atoms with Crippen molar-refractivity contribution in [2.45, 2.75) is 37.8 Å². The van der Waals surface area contributed by atoms with Crippen LogP contribution in [0, 0.1) is 0 Å². The molecule has 1 aromatic heterocycles. The number of ether oxygens (including phenoxy) is 1. The van der Waals surface area contributed by atoms with E-state index in [2.05, 4.69) is 15.5 Å². The van der Waals surface area contributed by atoms with Crippen molar-refractivity contribution in [1.29, 1.82) is 0 Å². The summed E-state index contributed by atoms with van der Waals surface area (Å²) in [6, 6.07) is 9.91. The maximum absolute atomic E-state index is 12.6. The van der Waals surface area contributed by atoms with Crippen LogP contribution in [-0.2, 0) is 16.1 Å². The fraction of sp³-hybridized carbons (Fsp3) is 0.550. The minimum Gasteiger partial charge on any atom is -0.375 e. The van der Waals surface area contributed by atoms with Crippen molar-refractivity contribution < 1.29 is 9.53 Å². The van der Waals surface area contributed by atoms with E-state index in [4.69, 9.17) is 4.74 Å². The highest BCUT2D eigenvalue weighted by Crippen LogP contribution is 2.27. The zero-order chi connectivity index (χ0) is 19.3.